The van der Waals surface area contributed by atoms with E-state index in [0.29, 0.717) is 5.56 Å². The van der Waals surface area contributed by atoms with Gasteiger partial charge in [0.25, 0.3) is 0 Å². The maximum absolute atomic E-state index is 10.2. The van der Waals surface area contributed by atoms with Gasteiger partial charge >= 0.3 is 0 Å². The first-order valence-electron chi connectivity index (χ1n) is 15.3. The standard InChI is InChI=1S/C43H25NO2/c44-26-33-21-28(17-19-34(33)27-9-2-1-3-10-27)30-22-31(29-18-20-38-36-11-4-6-15-40(36)45-42(38)25-29)24-32(23-30)35-13-8-14-39-37-12-5-7-16-41(37)46-43(35)39/h1-25H. The van der Waals surface area contributed by atoms with E-state index in [4.69, 9.17) is 8.83 Å². The Labute approximate surface area is 265 Å². The average molecular weight is 588 g/mol. The third kappa shape index (κ3) is 4.20. The molecule has 0 atom stereocenters. The zero-order valence-electron chi connectivity index (χ0n) is 24.7. The van der Waals surface area contributed by atoms with Gasteiger partial charge in [0.05, 0.1) is 11.6 Å². The Morgan fingerprint density at radius 2 is 0.978 bits per heavy atom. The topological polar surface area (TPSA) is 50.1 Å². The van der Waals surface area contributed by atoms with Crippen molar-refractivity contribution in [2.45, 2.75) is 0 Å². The number of nitrogens with zero attached hydrogens (tertiary/aromatic N) is 1. The second-order valence-electron chi connectivity index (χ2n) is 11.6. The van der Waals surface area contributed by atoms with Crippen molar-refractivity contribution >= 4 is 43.9 Å². The molecule has 7 aromatic carbocycles. The van der Waals surface area contributed by atoms with Crippen LogP contribution < -0.4 is 0 Å². The first-order valence-corrected chi connectivity index (χ1v) is 15.3. The lowest BCUT2D eigenvalue weighted by molar-refractivity contribution is 0.669. The summed E-state index contributed by atoms with van der Waals surface area (Å²) in [5.74, 6) is 0. The van der Waals surface area contributed by atoms with Crippen LogP contribution in [0.25, 0.3) is 88.4 Å². The van der Waals surface area contributed by atoms with Crippen LogP contribution in [0.5, 0.6) is 0 Å². The smallest absolute Gasteiger partial charge is 0.143 e. The van der Waals surface area contributed by atoms with Crippen LogP contribution >= 0.6 is 0 Å². The van der Waals surface area contributed by atoms with E-state index in [9.17, 15) is 5.26 Å². The van der Waals surface area contributed by atoms with Crippen molar-refractivity contribution in [1.29, 1.82) is 5.26 Å². The maximum Gasteiger partial charge on any atom is 0.143 e. The van der Waals surface area contributed by atoms with E-state index >= 15 is 0 Å². The van der Waals surface area contributed by atoms with Crippen LogP contribution in [0.15, 0.2) is 160 Å². The van der Waals surface area contributed by atoms with Gasteiger partial charge in [-0.1, -0.05) is 103 Å². The molecule has 3 nitrogen and oxygen atoms in total. The number of para-hydroxylation sites is 3. The van der Waals surface area contributed by atoms with Crippen molar-refractivity contribution in [3.8, 4) is 50.6 Å². The summed E-state index contributed by atoms with van der Waals surface area (Å²) in [5, 5.41) is 14.6. The second kappa shape index (κ2) is 10.4. The van der Waals surface area contributed by atoms with Gasteiger partial charge in [0.1, 0.15) is 22.3 Å². The number of furan rings is 2. The maximum atomic E-state index is 10.2. The minimum atomic E-state index is 0.638. The molecule has 0 saturated carbocycles. The molecule has 0 bridgehead atoms. The third-order valence-corrected chi connectivity index (χ3v) is 8.92. The lowest BCUT2D eigenvalue weighted by Gasteiger charge is -2.13. The summed E-state index contributed by atoms with van der Waals surface area (Å²) in [6, 6.07) is 54.3. The van der Waals surface area contributed by atoms with Gasteiger partial charge in [-0.05, 0) is 87.5 Å². The molecule has 9 rings (SSSR count). The predicted molar refractivity (Wildman–Crippen MR) is 187 cm³/mol. The van der Waals surface area contributed by atoms with E-state index in [0.717, 1.165) is 88.4 Å². The summed E-state index contributed by atoms with van der Waals surface area (Å²) in [4.78, 5) is 0. The molecule has 0 fully saturated rings. The Balaban J connectivity index is 1.27. The molecular formula is C43H25NO2. The normalized spacial score (nSPS) is 11.5. The van der Waals surface area contributed by atoms with E-state index in [2.05, 4.69) is 84.9 Å². The van der Waals surface area contributed by atoms with Crippen molar-refractivity contribution < 1.29 is 8.83 Å². The summed E-state index contributed by atoms with van der Waals surface area (Å²) in [6.07, 6.45) is 0. The first kappa shape index (κ1) is 26.1. The molecule has 0 aliphatic rings. The fourth-order valence-corrected chi connectivity index (χ4v) is 6.68. The summed E-state index contributed by atoms with van der Waals surface area (Å²) in [6.45, 7) is 0. The monoisotopic (exact) mass is 587 g/mol. The first-order chi connectivity index (χ1) is 22.7. The van der Waals surface area contributed by atoms with Crippen LogP contribution in [-0.2, 0) is 0 Å². The average Bonchev–Trinajstić information content (AvgIpc) is 3.69. The zero-order valence-corrected chi connectivity index (χ0v) is 24.7. The van der Waals surface area contributed by atoms with Gasteiger partial charge in [0.15, 0.2) is 0 Å². The van der Waals surface area contributed by atoms with Gasteiger partial charge in [0, 0.05) is 27.1 Å². The third-order valence-electron chi connectivity index (χ3n) is 8.92. The molecule has 0 unspecified atom stereocenters. The van der Waals surface area contributed by atoms with Gasteiger partial charge < -0.3 is 8.83 Å². The molecule has 0 amide bonds. The molecule has 0 saturated heterocycles. The lowest BCUT2D eigenvalue weighted by atomic mass is 9.90. The van der Waals surface area contributed by atoms with Gasteiger partial charge in [-0.15, -0.1) is 0 Å². The van der Waals surface area contributed by atoms with Gasteiger partial charge in [0.2, 0.25) is 0 Å². The van der Waals surface area contributed by atoms with Crippen molar-refractivity contribution in [1.82, 2.24) is 0 Å². The Kier molecular flexibility index (Phi) is 5.88. The van der Waals surface area contributed by atoms with Crippen molar-refractivity contribution in [3.63, 3.8) is 0 Å². The molecule has 214 valence electrons. The van der Waals surface area contributed by atoms with Gasteiger partial charge in [-0.2, -0.15) is 5.26 Å². The Hall–Kier alpha value is -6.37. The predicted octanol–water partition coefficient (Wildman–Crippen LogP) is 12.0. The number of rotatable bonds is 4. The van der Waals surface area contributed by atoms with Crippen LogP contribution in [0.4, 0.5) is 0 Å². The summed E-state index contributed by atoms with van der Waals surface area (Å²) in [7, 11) is 0. The SMILES string of the molecule is N#Cc1cc(-c2cc(-c3ccc4c(c3)oc3ccccc34)cc(-c3cccc4c3oc3ccccc34)c2)ccc1-c1ccccc1. The Bertz CT molecular complexity index is 2650. The van der Waals surface area contributed by atoms with Crippen molar-refractivity contribution in [2.75, 3.05) is 0 Å². The quantitative estimate of drug-likeness (QED) is 0.206. The molecule has 0 aliphatic carbocycles. The van der Waals surface area contributed by atoms with Crippen LogP contribution in [0.3, 0.4) is 0 Å². The highest BCUT2D eigenvalue weighted by atomic mass is 16.3. The highest BCUT2D eigenvalue weighted by Gasteiger charge is 2.16. The molecule has 2 heterocycles. The zero-order chi connectivity index (χ0) is 30.6. The van der Waals surface area contributed by atoms with E-state index in [-0.39, 0.29) is 0 Å². The lowest BCUT2D eigenvalue weighted by Crippen LogP contribution is -1.89. The van der Waals surface area contributed by atoms with Gasteiger partial charge in [-0.25, -0.2) is 0 Å². The highest BCUT2D eigenvalue weighted by Crippen LogP contribution is 2.41. The van der Waals surface area contributed by atoms with Crippen LogP contribution in [0.1, 0.15) is 5.56 Å². The van der Waals surface area contributed by atoms with Gasteiger partial charge in [-0.3, -0.25) is 0 Å². The van der Waals surface area contributed by atoms with Crippen molar-refractivity contribution in [2.24, 2.45) is 0 Å². The number of hydrogen-bond acceptors (Lipinski definition) is 3. The molecule has 3 heteroatoms. The fraction of sp³-hybridized carbons (Fsp3) is 0. The van der Waals surface area contributed by atoms with E-state index in [1.807, 2.05) is 72.8 Å². The van der Waals surface area contributed by atoms with E-state index < -0.39 is 0 Å². The minimum Gasteiger partial charge on any atom is -0.456 e. The summed E-state index contributed by atoms with van der Waals surface area (Å²) in [5.41, 5.74) is 12.2. The Morgan fingerprint density at radius 3 is 1.76 bits per heavy atom. The van der Waals surface area contributed by atoms with Crippen LogP contribution in [-0.4, -0.2) is 0 Å². The Morgan fingerprint density at radius 1 is 0.370 bits per heavy atom. The fourth-order valence-electron chi connectivity index (χ4n) is 6.68. The van der Waals surface area contributed by atoms with Crippen molar-refractivity contribution in [3.05, 3.63) is 157 Å². The molecule has 0 spiro atoms. The number of nitriles is 1. The molecular weight excluding hydrogens is 562 g/mol. The van der Waals surface area contributed by atoms with Crippen LogP contribution in [0, 0.1) is 11.3 Å². The number of benzene rings is 7. The molecule has 9 aromatic rings. The molecule has 2 aromatic heterocycles. The highest BCUT2D eigenvalue weighted by molar-refractivity contribution is 6.10. The number of hydrogen-bond donors (Lipinski definition) is 0. The summed E-state index contributed by atoms with van der Waals surface area (Å²) >= 11 is 0. The molecule has 0 aliphatic heterocycles. The second-order valence-corrected chi connectivity index (χ2v) is 11.6. The van der Waals surface area contributed by atoms with E-state index in [1.54, 1.807) is 0 Å². The summed E-state index contributed by atoms with van der Waals surface area (Å²) < 4.78 is 12.7. The molecule has 0 N–H and O–H groups in total. The van der Waals surface area contributed by atoms with E-state index in [1.165, 1.54) is 0 Å². The number of fused-ring (bicyclic) bond motifs is 6. The largest absolute Gasteiger partial charge is 0.456 e. The molecule has 0 radical (unpaired) electrons. The van der Waals surface area contributed by atoms with Crippen LogP contribution in [0.2, 0.25) is 0 Å². The minimum absolute atomic E-state index is 0.638. The molecule has 46 heavy (non-hydrogen) atoms.